The Morgan fingerprint density at radius 3 is 3.00 bits per heavy atom. The molecule has 7 nitrogen and oxygen atoms in total. The third kappa shape index (κ3) is 2.35. The van der Waals surface area contributed by atoms with Crippen LogP contribution >= 0.6 is 11.6 Å². The standard InChI is InChI=1S/C10H14ClN3O4/c1-12-9-5(11)3-14(10(17)13-9)8-2-6(16)7(4-15)18-8/h3,6-8,15-16H,2,4H2,1H3,(H,12,13,17)/t6-,7+,8+/m0/s1. The fourth-order valence-electron chi connectivity index (χ4n) is 1.88. The lowest BCUT2D eigenvalue weighted by molar-refractivity contribution is -0.0458. The molecule has 1 saturated heterocycles. The highest BCUT2D eigenvalue weighted by molar-refractivity contribution is 6.32. The Morgan fingerprint density at radius 1 is 1.72 bits per heavy atom. The van der Waals surface area contributed by atoms with E-state index in [4.69, 9.17) is 21.4 Å². The molecule has 0 radical (unpaired) electrons. The van der Waals surface area contributed by atoms with Crippen molar-refractivity contribution in [3.8, 4) is 0 Å². The van der Waals surface area contributed by atoms with Gasteiger partial charge in [-0.05, 0) is 0 Å². The number of nitrogens with one attached hydrogen (secondary N) is 1. The summed E-state index contributed by atoms with van der Waals surface area (Å²) in [6, 6.07) is 0. The molecule has 0 amide bonds. The fraction of sp³-hybridized carbons (Fsp3) is 0.600. The highest BCUT2D eigenvalue weighted by atomic mass is 35.5. The number of aliphatic hydroxyl groups is 2. The molecule has 2 rings (SSSR count). The molecule has 0 unspecified atom stereocenters. The summed E-state index contributed by atoms with van der Waals surface area (Å²) < 4.78 is 6.57. The van der Waals surface area contributed by atoms with E-state index in [-0.39, 0.29) is 23.9 Å². The third-order valence-electron chi connectivity index (χ3n) is 2.84. The van der Waals surface area contributed by atoms with E-state index in [1.165, 1.54) is 10.8 Å². The summed E-state index contributed by atoms with van der Waals surface area (Å²) in [5.41, 5.74) is -0.528. The van der Waals surface area contributed by atoms with Gasteiger partial charge in [0.2, 0.25) is 0 Å². The lowest BCUT2D eigenvalue weighted by Gasteiger charge is -2.15. The van der Waals surface area contributed by atoms with Crippen molar-refractivity contribution in [3.63, 3.8) is 0 Å². The smallest absolute Gasteiger partial charge is 0.351 e. The van der Waals surface area contributed by atoms with E-state index in [9.17, 15) is 9.90 Å². The molecule has 8 heteroatoms. The van der Waals surface area contributed by atoms with E-state index in [2.05, 4.69) is 10.3 Å². The number of hydrogen-bond donors (Lipinski definition) is 3. The second-order valence-electron chi connectivity index (χ2n) is 3.99. The van der Waals surface area contributed by atoms with Crippen LogP contribution in [0, 0.1) is 0 Å². The van der Waals surface area contributed by atoms with Crippen LogP contribution in [-0.4, -0.2) is 45.6 Å². The Balaban J connectivity index is 2.30. The molecular weight excluding hydrogens is 262 g/mol. The lowest BCUT2D eigenvalue weighted by Crippen LogP contribution is -2.28. The van der Waals surface area contributed by atoms with Crippen LogP contribution in [0.15, 0.2) is 11.0 Å². The van der Waals surface area contributed by atoms with Crippen molar-refractivity contribution in [1.29, 1.82) is 0 Å². The number of ether oxygens (including phenoxy) is 1. The molecular formula is C10H14ClN3O4. The molecule has 1 aliphatic heterocycles. The maximum absolute atomic E-state index is 11.8. The van der Waals surface area contributed by atoms with Crippen LogP contribution < -0.4 is 11.0 Å². The molecule has 18 heavy (non-hydrogen) atoms. The number of halogens is 1. The highest BCUT2D eigenvalue weighted by Gasteiger charge is 2.35. The second kappa shape index (κ2) is 5.23. The van der Waals surface area contributed by atoms with Gasteiger partial charge in [-0.2, -0.15) is 4.98 Å². The molecule has 1 aromatic rings. The number of aromatic nitrogens is 2. The Labute approximate surface area is 108 Å². The molecule has 3 atom stereocenters. The average molecular weight is 276 g/mol. The van der Waals surface area contributed by atoms with Gasteiger partial charge in [-0.15, -0.1) is 0 Å². The Morgan fingerprint density at radius 2 is 2.44 bits per heavy atom. The van der Waals surface area contributed by atoms with Crippen LogP contribution in [0.4, 0.5) is 5.82 Å². The predicted octanol–water partition coefficient (Wildman–Crippen LogP) is -0.421. The minimum atomic E-state index is -0.811. The Bertz CT molecular complexity index is 493. The monoisotopic (exact) mass is 275 g/mol. The maximum Gasteiger partial charge on any atom is 0.351 e. The first kappa shape index (κ1) is 13.3. The van der Waals surface area contributed by atoms with Gasteiger partial charge in [-0.3, -0.25) is 4.57 Å². The molecule has 0 saturated carbocycles. The van der Waals surface area contributed by atoms with Crippen LogP contribution in [0.5, 0.6) is 0 Å². The van der Waals surface area contributed by atoms with Crippen LogP contribution in [-0.2, 0) is 4.74 Å². The van der Waals surface area contributed by atoms with Crippen LogP contribution in [0.3, 0.4) is 0 Å². The topological polar surface area (TPSA) is 96.6 Å². The van der Waals surface area contributed by atoms with Gasteiger partial charge in [0, 0.05) is 19.7 Å². The summed E-state index contributed by atoms with van der Waals surface area (Å²) in [7, 11) is 1.61. The SMILES string of the molecule is CNc1nc(=O)n([C@H]2C[C@H](O)[C@@H](CO)O2)cc1Cl. The van der Waals surface area contributed by atoms with E-state index in [1.807, 2.05) is 0 Å². The van der Waals surface area contributed by atoms with Crippen LogP contribution in [0.25, 0.3) is 0 Å². The number of rotatable bonds is 3. The predicted molar refractivity (Wildman–Crippen MR) is 64.7 cm³/mol. The molecule has 2 heterocycles. The molecule has 1 aliphatic rings. The molecule has 100 valence electrons. The summed E-state index contributed by atoms with van der Waals surface area (Å²) in [6.45, 7) is -0.303. The van der Waals surface area contributed by atoms with Crippen molar-refractivity contribution in [1.82, 2.24) is 9.55 Å². The summed E-state index contributed by atoms with van der Waals surface area (Å²) >= 11 is 5.93. The maximum atomic E-state index is 11.8. The first-order chi connectivity index (χ1) is 8.56. The zero-order valence-corrected chi connectivity index (χ0v) is 10.5. The molecule has 0 aromatic carbocycles. The molecule has 0 aliphatic carbocycles. The molecule has 0 bridgehead atoms. The number of aliphatic hydroxyl groups excluding tert-OH is 2. The van der Waals surface area contributed by atoms with Crippen molar-refractivity contribution in [2.45, 2.75) is 24.9 Å². The number of hydrogen-bond acceptors (Lipinski definition) is 6. The summed E-state index contributed by atoms with van der Waals surface area (Å²) in [4.78, 5) is 15.5. The minimum absolute atomic E-state index is 0.210. The average Bonchev–Trinajstić information content (AvgIpc) is 2.72. The van der Waals surface area contributed by atoms with Crippen molar-refractivity contribution < 1.29 is 14.9 Å². The van der Waals surface area contributed by atoms with Crippen LogP contribution in [0.2, 0.25) is 5.02 Å². The van der Waals surface area contributed by atoms with Crippen molar-refractivity contribution in [3.05, 3.63) is 21.7 Å². The third-order valence-corrected chi connectivity index (χ3v) is 3.11. The molecule has 1 fully saturated rings. The Hall–Kier alpha value is -1.15. The first-order valence-electron chi connectivity index (χ1n) is 5.47. The molecule has 0 spiro atoms. The zero-order chi connectivity index (χ0) is 13.3. The van der Waals surface area contributed by atoms with Gasteiger partial charge in [0.15, 0.2) is 5.82 Å². The van der Waals surface area contributed by atoms with Crippen molar-refractivity contribution >= 4 is 17.4 Å². The lowest BCUT2D eigenvalue weighted by atomic mass is 10.2. The van der Waals surface area contributed by atoms with E-state index < -0.39 is 24.1 Å². The molecule has 1 aromatic heterocycles. The van der Waals surface area contributed by atoms with Gasteiger partial charge >= 0.3 is 5.69 Å². The Kier molecular flexibility index (Phi) is 3.86. The van der Waals surface area contributed by atoms with Crippen LogP contribution in [0.1, 0.15) is 12.6 Å². The summed E-state index contributed by atoms with van der Waals surface area (Å²) in [5, 5.41) is 21.6. The van der Waals surface area contributed by atoms with E-state index in [1.54, 1.807) is 7.05 Å². The summed E-state index contributed by atoms with van der Waals surface area (Å²) in [5.74, 6) is 0.287. The first-order valence-corrected chi connectivity index (χ1v) is 5.85. The molecule has 3 N–H and O–H groups in total. The number of nitrogens with zero attached hydrogens (tertiary/aromatic N) is 2. The normalized spacial score (nSPS) is 27.4. The highest BCUT2D eigenvalue weighted by Crippen LogP contribution is 2.28. The van der Waals surface area contributed by atoms with Gasteiger partial charge in [-0.25, -0.2) is 4.79 Å². The fourth-order valence-corrected chi connectivity index (χ4v) is 2.12. The van der Waals surface area contributed by atoms with Gasteiger partial charge in [0.1, 0.15) is 12.3 Å². The second-order valence-corrected chi connectivity index (χ2v) is 4.40. The van der Waals surface area contributed by atoms with Gasteiger partial charge < -0.3 is 20.3 Å². The zero-order valence-electron chi connectivity index (χ0n) is 9.71. The van der Waals surface area contributed by atoms with Gasteiger partial charge in [-0.1, -0.05) is 11.6 Å². The van der Waals surface area contributed by atoms with Gasteiger partial charge in [0.05, 0.1) is 17.7 Å². The van der Waals surface area contributed by atoms with E-state index >= 15 is 0 Å². The largest absolute Gasteiger partial charge is 0.394 e. The number of anilines is 1. The van der Waals surface area contributed by atoms with Crippen molar-refractivity contribution in [2.24, 2.45) is 0 Å². The van der Waals surface area contributed by atoms with E-state index in [0.29, 0.717) is 0 Å². The van der Waals surface area contributed by atoms with E-state index in [0.717, 1.165) is 0 Å². The minimum Gasteiger partial charge on any atom is -0.394 e. The van der Waals surface area contributed by atoms with Gasteiger partial charge in [0.25, 0.3) is 0 Å². The van der Waals surface area contributed by atoms with Crippen molar-refractivity contribution in [2.75, 3.05) is 19.0 Å². The quantitative estimate of drug-likeness (QED) is 0.693. The summed E-state index contributed by atoms with van der Waals surface area (Å²) in [6.07, 6.45) is -0.554.